The summed E-state index contributed by atoms with van der Waals surface area (Å²) in [5.41, 5.74) is 0. The molecule has 0 saturated carbocycles. The smallest absolute Gasteiger partial charge is 0.377 e. The molecule has 79 valence electrons. The Bertz CT molecular complexity index is 222. The molecule has 0 spiro atoms. The first kappa shape index (κ1) is 10.9. The predicted octanol–water partition coefficient (Wildman–Crippen LogP) is 1.77. The number of esters is 1. The lowest BCUT2D eigenvalue weighted by Gasteiger charge is -2.11. The zero-order chi connectivity index (χ0) is 10.4. The quantitative estimate of drug-likeness (QED) is 0.633. The van der Waals surface area contributed by atoms with Crippen LogP contribution in [0.3, 0.4) is 0 Å². The highest BCUT2D eigenvalue weighted by Crippen LogP contribution is 2.11. The summed E-state index contributed by atoms with van der Waals surface area (Å²) < 4.78 is 14.7. The van der Waals surface area contributed by atoms with Crippen LogP contribution in [0.15, 0.2) is 12.0 Å². The Hall–Kier alpha value is -1.19. The molecule has 1 radical (unpaired) electrons. The van der Waals surface area contributed by atoms with Gasteiger partial charge in [0.15, 0.2) is 0 Å². The van der Waals surface area contributed by atoms with Gasteiger partial charge >= 0.3 is 5.97 Å². The van der Waals surface area contributed by atoms with Gasteiger partial charge in [-0.1, -0.05) is 13.3 Å². The first-order chi connectivity index (χ1) is 6.74. The summed E-state index contributed by atoms with van der Waals surface area (Å²) >= 11 is 0. The Kier molecular flexibility index (Phi) is 4.29. The van der Waals surface area contributed by atoms with Gasteiger partial charge in [0.05, 0.1) is 6.10 Å². The molecule has 4 heteroatoms. The van der Waals surface area contributed by atoms with Crippen molar-refractivity contribution in [3.8, 4) is 0 Å². The van der Waals surface area contributed by atoms with Gasteiger partial charge < -0.3 is 14.2 Å². The summed E-state index contributed by atoms with van der Waals surface area (Å²) in [6, 6.07) is 0. The van der Waals surface area contributed by atoms with Crippen molar-refractivity contribution in [2.24, 2.45) is 0 Å². The lowest BCUT2D eigenvalue weighted by molar-refractivity contribution is -0.147. The standard InChI is InChI=1S/C10H15O4/c1-3-4-5-8(2)14-10(11)9-6-12-7-13-9/h4,6,8H,3,5,7H2,1-2H3. The van der Waals surface area contributed by atoms with E-state index in [1.165, 1.54) is 6.26 Å². The zero-order valence-electron chi connectivity index (χ0n) is 8.49. The monoisotopic (exact) mass is 199 g/mol. The van der Waals surface area contributed by atoms with Crippen molar-refractivity contribution in [2.75, 3.05) is 6.79 Å². The summed E-state index contributed by atoms with van der Waals surface area (Å²) in [6.45, 7) is 3.99. The van der Waals surface area contributed by atoms with E-state index >= 15 is 0 Å². The molecule has 1 aliphatic rings. The van der Waals surface area contributed by atoms with Gasteiger partial charge in [0.2, 0.25) is 12.6 Å². The van der Waals surface area contributed by atoms with Crippen molar-refractivity contribution in [1.82, 2.24) is 0 Å². The minimum Gasteiger partial charge on any atom is -0.461 e. The van der Waals surface area contributed by atoms with E-state index in [0.717, 1.165) is 12.8 Å². The first-order valence-corrected chi connectivity index (χ1v) is 4.71. The van der Waals surface area contributed by atoms with E-state index in [0.29, 0.717) is 0 Å². The maximum atomic E-state index is 11.3. The molecule has 0 aromatic heterocycles. The number of unbranched alkanes of at least 4 members (excludes halogenated alkanes) is 1. The number of carbonyl (C=O) groups is 1. The maximum Gasteiger partial charge on any atom is 0.377 e. The first-order valence-electron chi connectivity index (χ1n) is 4.71. The van der Waals surface area contributed by atoms with Gasteiger partial charge in [-0.2, -0.15) is 0 Å². The average molecular weight is 199 g/mol. The molecule has 1 heterocycles. The fourth-order valence-electron chi connectivity index (χ4n) is 1.04. The molecule has 0 saturated heterocycles. The molecule has 1 unspecified atom stereocenters. The van der Waals surface area contributed by atoms with Crippen LogP contribution in [0.1, 0.15) is 26.7 Å². The number of hydrogen-bond donors (Lipinski definition) is 0. The third-order valence-electron chi connectivity index (χ3n) is 1.77. The largest absolute Gasteiger partial charge is 0.461 e. The van der Waals surface area contributed by atoms with Gasteiger partial charge in [-0.15, -0.1) is 0 Å². The Morgan fingerprint density at radius 3 is 3.14 bits per heavy atom. The van der Waals surface area contributed by atoms with Crippen LogP contribution in [0.2, 0.25) is 0 Å². The van der Waals surface area contributed by atoms with Gasteiger partial charge in [-0.05, 0) is 19.8 Å². The molecule has 0 aliphatic carbocycles. The van der Waals surface area contributed by atoms with Crippen molar-refractivity contribution in [2.45, 2.75) is 32.8 Å². The van der Waals surface area contributed by atoms with Crippen LogP contribution >= 0.6 is 0 Å². The number of ether oxygens (including phenoxy) is 3. The van der Waals surface area contributed by atoms with Gasteiger partial charge in [0.1, 0.15) is 6.26 Å². The Morgan fingerprint density at radius 1 is 1.79 bits per heavy atom. The topological polar surface area (TPSA) is 44.8 Å². The third-order valence-corrected chi connectivity index (χ3v) is 1.77. The van der Waals surface area contributed by atoms with Crippen molar-refractivity contribution in [3.63, 3.8) is 0 Å². The Morgan fingerprint density at radius 2 is 2.57 bits per heavy atom. The molecular weight excluding hydrogens is 184 g/mol. The minimum absolute atomic E-state index is 0.0971. The lowest BCUT2D eigenvalue weighted by atomic mass is 10.2. The molecule has 4 nitrogen and oxygen atoms in total. The fourth-order valence-corrected chi connectivity index (χ4v) is 1.04. The van der Waals surface area contributed by atoms with Crippen LogP contribution in [0, 0.1) is 6.42 Å². The molecule has 14 heavy (non-hydrogen) atoms. The molecule has 1 rings (SSSR count). The number of rotatable bonds is 5. The van der Waals surface area contributed by atoms with E-state index < -0.39 is 5.97 Å². The summed E-state index contributed by atoms with van der Waals surface area (Å²) in [5.74, 6) is -0.312. The lowest BCUT2D eigenvalue weighted by Crippen LogP contribution is -2.16. The van der Waals surface area contributed by atoms with Crippen LogP contribution in [-0.2, 0) is 19.0 Å². The highest BCUT2D eigenvalue weighted by molar-refractivity contribution is 5.86. The normalized spacial score (nSPS) is 16.6. The van der Waals surface area contributed by atoms with Crippen LogP contribution < -0.4 is 0 Å². The number of hydrogen-bond acceptors (Lipinski definition) is 4. The van der Waals surface area contributed by atoms with E-state index in [2.05, 4.69) is 6.42 Å². The summed E-state index contributed by atoms with van der Waals surface area (Å²) in [4.78, 5) is 11.3. The molecule has 0 N–H and O–H groups in total. The molecule has 0 amide bonds. The molecule has 1 aliphatic heterocycles. The van der Waals surface area contributed by atoms with E-state index in [-0.39, 0.29) is 18.7 Å². The van der Waals surface area contributed by atoms with Gasteiger partial charge in [0.25, 0.3) is 0 Å². The summed E-state index contributed by atoms with van der Waals surface area (Å²) in [6.07, 6.45) is 4.96. The van der Waals surface area contributed by atoms with Crippen molar-refractivity contribution in [1.29, 1.82) is 0 Å². The predicted molar refractivity (Wildman–Crippen MR) is 49.9 cm³/mol. The van der Waals surface area contributed by atoms with E-state index in [1.54, 1.807) is 0 Å². The second-order valence-electron chi connectivity index (χ2n) is 3.06. The van der Waals surface area contributed by atoms with E-state index in [1.807, 2.05) is 13.8 Å². The van der Waals surface area contributed by atoms with Crippen molar-refractivity contribution in [3.05, 3.63) is 18.4 Å². The van der Waals surface area contributed by atoms with Crippen LogP contribution in [0.5, 0.6) is 0 Å². The van der Waals surface area contributed by atoms with Crippen LogP contribution in [0.4, 0.5) is 0 Å². The Labute approximate surface area is 83.8 Å². The van der Waals surface area contributed by atoms with Gasteiger partial charge in [0, 0.05) is 0 Å². The van der Waals surface area contributed by atoms with Crippen LogP contribution in [0.25, 0.3) is 0 Å². The highest BCUT2D eigenvalue weighted by Gasteiger charge is 2.19. The SMILES string of the molecule is CC[CH]CC(C)OC(=O)C1=COCO1. The molecule has 0 fully saturated rings. The van der Waals surface area contributed by atoms with Gasteiger partial charge in [-0.25, -0.2) is 4.79 Å². The van der Waals surface area contributed by atoms with Crippen LogP contribution in [-0.4, -0.2) is 18.9 Å². The molecule has 0 bridgehead atoms. The second kappa shape index (κ2) is 5.52. The maximum absolute atomic E-state index is 11.3. The molecular formula is C10H15O4. The van der Waals surface area contributed by atoms with E-state index in [4.69, 9.17) is 14.2 Å². The average Bonchev–Trinajstić information content (AvgIpc) is 2.67. The molecule has 1 atom stereocenters. The molecule has 0 aromatic carbocycles. The fraction of sp³-hybridized carbons (Fsp3) is 0.600. The third kappa shape index (κ3) is 3.28. The minimum atomic E-state index is -0.459. The van der Waals surface area contributed by atoms with Crippen molar-refractivity contribution >= 4 is 5.97 Å². The van der Waals surface area contributed by atoms with Gasteiger partial charge in [-0.3, -0.25) is 0 Å². The zero-order valence-corrected chi connectivity index (χ0v) is 8.49. The highest BCUT2D eigenvalue weighted by atomic mass is 16.7. The van der Waals surface area contributed by atoms with Crippen molar-refractivity contribution < 1.29 is 19.0 Å². The molecule has 0 aromatic rings. The second-order valence-corrected chi connectivity index (χ2v) is 3.06. The van der Waals surface area contributed by atoms with E-state index in [9.17, 15) is 4.79 Å². The summed E-state index contributed by atoms with van der Waals surface area (Å²) in [5, 5.41) is 0. The number of carbonyl (C=O) groups excluding carboxylic acids is 1. The Balaban J connectivity index is 2.25. The summed E-state index contributed by atoms with van der Waals surface area (Å²) in [7, 11) is 0.